The molecule has 0 unspecified atom stereocenters. The van der Waals surface area contributed by atoms with E-state index in [9.17, 15) is 5.11 Å². The van der Waals surface area contributed by atoms with E-state index in [1.54, 1.807) is 11.3 Å². The van der Waals surface area contributed by atoms with E-state index in [4.69, 9.17) is 0 Å². The molecule has 2 nitrogen and oxygen atoms in total. The van der Waals surface area contributed by atoms with E-state index in [0.29, 0.717) is 6.04 Å². The van der Waals surface area contributed by atoms with Gasteiger partial charge in [0.05, 0.1) is 5.60 Å². The van der Waals surface area contributed by atoms with Crippen LogP contribution in [0.3, 0.4) is 0 Å². The van der Waals surface area contributed by atoms with Crippen LogP contribution < -0.4 is 5.32 Å². The van der Waals surface area contributed by atoms with Gasteiger partial charge in [-0.2, -0.15) is 0 Å². The summed E-state index contributed by atoms with van der Waals surface area (Å²) in [5.74, 6) is 0. The van der Waals surface area contributed by atoms with E-state index in [0.717, 1.165) is 32.2 Å². The highest BCUT2D eigenvalue weighted by Crippen LogP contribution is 2.40. The maximum absolute atomic E-state index is 10.7. The summed E-state index contributed by atoms with van der Waals surface area (Å²) in [6.45, 7) is 5.40. The average Bonchev–Trinajstić information content (AvgIpc) is 2.76. The van der Waals surface area contributed by atoms with Crippen LogP contribution in [0.15, 0.2) is 11.4 Å². The van der Waals surface area contributed by atoms with Crippen molar-refractivity contribution in [2.75, 3.05) is 6.54 Å². The number of hydrogen-bond acceptors (Lipinski definition) is 3. The van der Waals surface area contributed by atoms with Gasteiger partial charge >= 0.3 is 0 Å². The molecule has 0 spiro atoms. The van der Waals surface area contributed by atoms with Crippen molar-refractivity contribution in [3.8, 4) is 0 Å². The van der Waals surface area contributed by atoms with E-state index in [1.165, 1.54) is 16.9 Å². The molecule has 0 saturated heterocycles. The Bertz CT molecular complexity index is 353. The van der Waals surface area contributed by atoms with Gasteiger partial charge in [0, 0.05) is 10.9 Å². The van der Waals surface area contributed by atoms with Crippen molar-refractivity contribution >= 4 is 11.3 Å². The fourth-order valence-electron chi connectivity index (χ4n) is 2.72. The number of aryl methyl sites for hydroxylation is 1. The molecule has 1 heterocycles. The third-order valence-electron chi connectivity index (χ3n) is 3.78. The number of nitrogens with one attached hydrogen (secondary N) is 1. The first-order valence-corrected chi connectivity index (χ1v) is 7.54. The van der Waals surface area contributed by atoms with Crippen molar-refractivity contribution in [3.05, 3.63) is 21.9 Å². The second-order valence-electron chi connectivity index (χ2n) is 5.19. The van der Waals surface area contributed by atoms with E-state index in [-0.39, 0.29) is 0 Å². The van der Waals surface area contributed by atoms with Gasteiger partial charge in [-0.25, -0.2) is 0 Å². The summed E-state index contributed by atoms with van der Waals surface area (Å²) in [5.41, 5.74) is 0.695. The summed E-state index contributed by atoms with van der Waals surface area (Å²) in [7, 11) is 0. The lowest BCUT2D eigenvalue weighted by Crippen LogP contribution is -2.39. The van der Waals surface area contributed by atoms with Crippen LogP contribution in [-0.4, -0.2) is 17.7 Å². The van der Waals surface area contributed by atoms with Crippen LogP contribution in [0.1, 0.15) is 49.5 Å². The monoisotopic (exact) mass is 253 g/mol. The predicted molar refractivity (Wildman–Crippen MR) is 73.5 cm³/mol. The van der Waals surface area contributed by atoms with Crippen LogP contribution in [0.4, 0.5) is 0 Å². The molecule has 0 aliphatic heterocycles. The molecule has 1 aliphatic rings. The van der Waals surface area contributed by atoms with Crippen LogP contribution in [-0.2, 0) is 5.60 Å². The third kappa shape index (κ3) is 2.90. The quantitative estimate of drug-likeness (QED) is 0.864. The van der Waals surface area contributed by atoms with Crippen LogP contribution in [0.2, 0.25) is 0 Å². The lowest BCUT2D eigenvalue weighted by atomic mass is 9.80. The zero-order valence-electron chi connectivity index (χ0n) is 10.8. The van der Waals surface area contributed by atoms with Gasteiger partial charge in [-0.3, -0.25) is 0 Å². The molecule has 2 rings (SSSR count). The maximum Gasteiger partial charge on any atom is 0.0991 e. The molecule has 0 aromatic carbocycles. The molecule has 96 valence electrons. The van der Waals surface area contributed by atoms with Gasteiger partial charge < -0.3 is 10.4 Å². The minimum absolute atomic E-state index is 0.553. The maximum atomic E-state index is 10.7. The minimum Gasteiger partial charge on any atom is -0.384 e. The highest BCUT2D eigenvalue weighted by atomic mass is 32.1. The first kappa shape index (κ1) is 13.1. The lowest BCUT2D eigenvalue weighted by Gasteiger charge is -2.36. The Hall–Kier alpha value is -0.380. The van der Waals surface area contributed by atoms with Gasteiger partial charge in [0.1, 0.15) is 0 Å². The van der Waals surface area contributed by atoms with Crippen molar-refractivity contribution in [2.24, 2.45) is 0 Å². The Morgan fingerprint density at radius 1 is 1.47 bits per heavy atom. The number of rotatable bonds is 4. The summed E-state index contributed by atoms with van der Waals surface area (Å²) >= 11 is 1.70. The molecule has 0 radical (unpaired) electrons. The van der Waals surface area contributed by atoms with Crippen molar-refractivity contribution in [2.45, 2.75) is 57.6 Å². The Kier molecular flexibility index (Phi) is 4.23. The van der Waals surface area contributed by atoms with Gasteiger partial charge in [-0.05, 0) is 62.6 Å². The molecule has 1 fully saturated rings. The Labute approximate surface area is 108 Å². The Balaban J connectivity index is 1.96. The summed E-state index contributed by atoms with van der Waals surface area (Å²) in [5, 5.41) is 16.4. The summed E-state index contributed by atoms with van der Waals surface area (Å²) in [4.78, 5) is 1.19. The summed E-state index contributed by atoms with van der Waals surface area (Å²) in [6, 6.07) is 2.72. The van der Waals surface area contributed by atoms with Gasteiger partial charge in [0.15, 0.2) is 0 Å². The largest absolute Gasteiger partial charge is 0.384 e. The molecule has 1 aromatic rings. The first-order valence-electron chi connectivity index (χ1n) is 6.66. The van der Waals surface area contributed by atoms with Crippen LogP contribution in [0.25, 0.3) is 0 Å². The van der Waals surface area contributed by atoms with Crippen molar-refractivity contribution in [3.63, 3.8) is 0 Å². The Morgan fingerprint density at radius 3 is 2.71 bits per heavy atom. The summed E-state index contributed by atoms with van der Waals surface area (Å²) in [6.07, 6.45) is 5.16. The number of thiophene rings is 1. The molecule has 17 heavy (non-hydrogen) atoms. The fourth-order valence-corrected chi connectivity index (χ4v) is 3.81. The highest BCUT2D eigenvalue weighted by molar-refractivity contribution is 7.10. The van der Waals surface area contributed by atoms with Crippen molar-refractivity contribution in [1.82, 2.24) is 5.32 Å². The Morgan fingerprint density at radius 2 is 2.18 bits per heavy atom. The van der Waals surface area contributed by atoms with E-state index >= 15 is 0 Å². The van der Waals surface area contributed by atoms with E-state index < -0.39 is 5.60 Å². The second-order valence-corrected chi connectivity index (χ2v) is 6.11. The van der Waals surface area contributed by atoms with Gasteiger partial charge in [0.25, 0.3) is 0 Å². The molecule has 2 N–H and O–H groups in total. The molecule has 3 heteroatoms. The van der Waals surface area contributed by atoms with E-state index in [2.05, 4.69) is 30.6 Å². The normalized spacial score (nSPS) is 29.5. The molecule has 0 atom stereocenters. The predicted octanol–water partition coefficient (Wildman–Crippen LogP) is 3.19. The fraction of sp³-hybridized carbons (Fsp3) is 0.714. The van der Waals surface area contributed by atoms with Gasteiger partial charge in [-0.1, -0.05) is 6.92 Å². The second kappa shape index (κ2) is 5.51. The molecule has 0 bridgehead atoms. The van der Waals surface area contributed by atoms with E-state index in [1.807, 2.05) is 0 Å². The molecule has 1 aromatic heterocycles. The average molecular weight is 253 g/mol. The molecule has 0 amide bonds. The molecule has 1 aliphatic carbocycles. The summed E-state index contributed by atoms with van der Waals surface area (Å²) < 4.78 is 0. The first-order chi connectivity index (χ1) is 8.15. The standard InChI is InChI=1S/C14H23NOS/c1-3-9-15-12-4-7-14(16,8-5-12)13-11(2)6-10-17-13/h6,10,12,15-16H,3-5,7-9H2,1-2H3. The zero-order valence-corrected chi connectivity index (χ0v) is 11.6. The van der Waals surface area contributed by atoms with Gasteiger partial charge in [0.2, 0.25) is 0 Å². The third-order valence-corrected chi connectivity index (χ3v) is 4.99. The molecule has 1 saturated carbocycles. The molecular weight excluding hydrogens is 230 g/mol. The lowest BCUT2D eigenvalue weighted by molar-refractivity contribution is -0.00542. The number of hydrogen-bond donors (Lipinski definition) is 2. The SMILES string of the molecule is CCCNC1CCC(O)(c2sccc2C)CC1. The van der Waals surface area contributed by atoms with Crippen molar-refractivity contribution < 1.29 is 5.11 Å². The number of aliphatic hydroxyl groups is 1. The van der Waals surface area contributed by atoms with Crippen LogP contribution >= 0.6 is 11.3 Å². The van der Waals surface area contributed by atoms with Gasteiger partial charge in [-0.15, -0.1) is 11.3 Å². The van der Waals surface area contributed by atoms with Crippen molar-refractivity contribution in [1.29, 1.82) is 0 Å². The van der Waals surface area contributed by atoms with Crippen LogP contribution in [0, 0.1) is 6.92 Å². The highest BCUT2D eigenvalue weighted by Gasteiger charge is 2.36. The molecular formula is C14H23NOS. The topological polar surface area (TPSA) is 32.3 Å². The van der Waals surface area contributed by atoms with Crippen LogP contribution in [0.5, 0.6) is 0 Å². The smallest absolute Gasteiger partial charge is 0.0991 e. The zero-order chi connectivity index (χ0) is 12.3. The minimum atomic E-state index is -0.553.